The van der Waals surface area contributed by atoms with E-state index in [0.717, 1.165) is 37.7 Å². The van der Waals surface area contributed by atoms with Crippen LogP contribution in [-0.4, -0.2) is 16.7 Å². The van der Waals surface area contributed by atoms with Crippen LogP contribution in [0.3, 0.4) is 0 Å². The van der Waals surface area contributed by atoms with Crippen molar-refractivity contribution in [2.75, 3.05) is 0 Å². The number of Topliss-reactive ketones (excluding diaryl/α,β-unsaturated/α-hetero) is 2. The van der Waals surface area contributed by atoms with Crippen LogP contribution in [0.4, 0.5) is 0 Å². The second-order valence-electron chi connectivity index (χ2n) is 7.50. The quantitative estimate of drug-likeness (QED) is 0.743. The lowest BCUT2D eigenvalue weighted by atomic mass is 9.54. The summed E-state index contributed by atoms with van der Waals surface area (Å²) >= 11 is 0. The van der Waals surface area contributed by atoms with Crippen molar-refractivity contribution in [3.05, 3.63) is 23.5 Å². The molecule has 0 heterocycles. The van der Waals surface area contributed by atoms with Crippen LogP contribution in [0.5, 0.6) is 0 Å². The van der Waals surface area contributed by atoms with Crippen molar-refractivity contribution in [3.63, 3.8) is 0 Å². The molecule has 0 amide bonds. The lowest BCUT2D eigenvalue weighted by Crippen LogP contribution is -2.45. The highest BCUT2D eigenvalue weighted by Gasteiger charge is 2.55. The minimum absolute atomic E-state index is 0.00298. The van der Waals surface area contributed by atoms with Crippen LogP contribution in [0.1, 0.15) is 45.4 Å². The van der Waals surface area contributed by atoms with Gasteiger partial charge in [0.15, 0.2) is 11.5 Å². The lowest BCUT2D eigenvalue weighted by molar-refractivity contribution is -0.129. The number of carbonyl (C=O) groups is 2. The molecule has 0 aromatic rings. The first-order valence-corrected chi connectivity index (χ1v) is 8.20. The van der Waals surface area contributed by atoms with E-state index in [9.17, 15) is 14.7 Å². The predicted molar refractivity (Wildman–Crippen MR) is 78.6 cm³/mol. The number of hydrogen-bond donors (Lipinski definition) is 1. The second kappa shape index (κ2) is 4.31. The number of rotatable bonds is 0. The van der Waals surface area contributed by atoms with Crippen LogP contribution in [-0.2, 0) is 9.59 Å². The number of carbonyl (C=O) groups excluding carboxylic acids is 2. The Bertz CT molecular complexity index is 585. The van der Waals surface area contributed by atoms with Gasteiger partial charge in [-0.3, -0.25) is 9.59 Å². The molecule has 0 saturated heterocycles. The molecule has 4 aliphatic rings. The zero-order chi connectivity index (χ0) is 14.8. The fraction of sp³-hybridized carbons (Fsp3) is 0.667. The Morgan fingerprint density at radius 3 is 2.81 bits per heavy atom. The third-order valence-electron chi connectivity index (χ3n) is 6.73. The maximum atomic E-state index is 12.3. The predicted octanol–water partition coefficient (Wildman–Crippen LogP) is 3.36. The minimum Gasteiger partial charge on any atom is -0.504 e. The molecule has 1 N–H and O–H groups in total. The lowest BCUT2D eigenvalue weighted by Gasteiger charge is -2.49. The highest BCUT2D eigenvalue weighted by atomic mass is 16.3. The minimum atomic E-state index is -0.126. The van der Waals surface area contributed by atoms with E-state index in [1.807, 2.05) is 6.08 Å². The van der Waals surface area contributed by atoms with E-state index >= 15 is 0 Å². The maximum absolute atomic E-state index is 12.3. The van der Waals surface area contributed by atoms with Gasteiger partial charge in [-0.25, -0.2) is 0 Å². The van der Waals surface area contributed by atoms with Gasteiger partial charge in [-0.15, -0.1) is 0 Å². The van der Waals surface area contributed by atoms with Crippen molar-refractivity contribution in [3.8, 4) is 0 Å². The average molecular weight is 286 g/mol. The van der Waals surface area contributed by atoms with Crippen molar-refractivity contribution >= 4 is 11.6 Å². The molecule has 4 rings (SSSR count). The molecule has 0 radical (unpaired) electrons. The molecule has 0 spiro atoms. The van der Waals surface area contributed by atoms with Crippen LogP contribution in [0.25, 0.3) is 0 Å². The molecule has 5 atom stereocenters. The Kier molecular flexibility index (Phi) is 2.73. The molecule has 21 heavy (non-hydrogen) atoms. The normalized spacial score (nSPS) is 45.4. The summed E-state index contributed by atoms with van der Waals surface area (Å²) in [4.78, 5) is 24.0. The van der Waals surface area contributed by atoms with Gasteiger partial charge in [0.2, 0.25) is 0 Å². The Hall–Kier alpha value is -1.38. The van der Waals surface area contributed by atoms with Gasteiger partial charge in [-0.05, 0) is 49.4 Å². The SMILES string of the molecule is C[C@]12CC[C@H]3[C@@H](C=CC4=C(O)C(=O)CC[C@@H]43)[C@@H]1CCC2=O. The molecule has 4 aliphatic carbocycles. The fourth-order valence-corrected chi connectivity index (χ4v) is 5.50. The number of aliphatic hydroxyl groups is 1. The molecule has 3 heteroatoms. The Balaban J connectivity index is 1.74. The van der Waals surface area contributed by atoms with Crippen molar-refractivity contribution in [1.29, 1.82) is 0 Å². The molecule has 3 nitrogen and oxygen atoms in total. The van der Waals surface area contributed by atoms with E-state index in [-0.39, 0.29) is 17.0 Å². The Labute approximate surface area is 125 Å². The van der Waals surface area contributed by atoms with Crippen LogP contribution < -0.4 is 0 Å². The van der Waals surface area contributed by atoms with Crippen LogP contribution >= 0.6 is 0 Å². The van der Waals surface area contributed by atoms with E-state index in [1.54, 1.807) is 0 Å². The molecule has 0 aromatic carbocycles. The zero-order valence-corrected chi connectivity index (χ0v) is 12.5. The van der Waals surface area contributed by atoms with Crippen molar-refractivity contribution in [2.45, 2.75) is 45.4 Å². The summed E-state index contributed by atoms with van der Waals surface area (Å²) in [5.74, 6) is 2.06. The standard InChI is InChI=1S/C18H22O3/c1-18-9-8-11-10-4-6-15(19)17(21)13(10)3-2-12(11)14(18)5-7-16(18)20/h2-3,10-12,14,21H,4-9H2,1H3/t10-,11-,12-,14+,18+/m1/s1. The molecule has 0 aromatic heterocycles. The van der Waals surface area contributed by atoms with E-state index < -0.39 is 0 Å². The van der Waals surface area contributed by atoms with Gasteiger partial charge >= 0.3 is 0 Å². The van der Waals surface area contributed by atoms with E-state index in [2.05, 4.69) is 13.0 Å². The average Bonchev–Trinajstić information content (AvgIpc) is 2.78. The van der Waals surface area contributed by atoms with Gasteiger partial charge in [0.25, 0.3) is 0 Å². The zero-order valence-electron chi connectivity index (χ0n) is 12.5. The highest BCUT2D eigenvalue weighted by molar-refractivity contribution is 5.95. The molecule has 112 valence electrons. The largest absolute Gasteiger partial charge is 0.504 e. The highest BCUT2D eigenvalue weighted by Crippen LogP contribution is 2.59. The van der Waals surface area contributed by atoms with Gasteiger partial charge in [-0.1, -0.05) is 19.1 Å². The van der Waals surface area contributed by atoms with Crippen LogP contribution in [0, 0.1) is 29.1 Å². The van der Waals surface area contributed by atoms with Crippen molar-refractivity contribution in [1.82, 2.24) is 0 Å². The second-order valence-corrected chi connectivity index (χ2v) is 7.50. The van der Waals surface area contributed by atoms with Gasteiger partial charge < -0.3 is 5.11 Å². The number of ketones is 2. The van der Waals surface area contributed by atoms with Gasteiger partial charge in [0.1, 0.15) is 5.78 Å². The van der Waals surface area contributed by atoms with Gasteiger partial charge in [-0.2, -0.15) is 0 Å². The third-order valence-corrected chi connectivity index (χ3v) is 6.73. The van der Waals surface area contributed by atoms with Gasteiger partial charge in [0.05, 0.1) is 0 Å². The first-order chi connectivity index (χ1) is 10.0. The first-order valence-electron chi connectivity index (χ1n) is 8.20. The Morgan fingerprint density at radius 2 is 2.00 bits per heavy atom. The smallest absolute Gasteiger partial charge is 0.197 e. The molecule has 0 bridgehead atoms. The van der Waals surface area contributed by atoms with E-state index in [1.165, 1.54) is 0 Å². The molecular weight excluding hydrogens is 264 g/mol. The van der Waals surface area contributed by atoms with Crippen LogP contribution in [0.2, 0.25) is 0 Å². The number of hydrogen-bond acceptors (Lipinski definition) is 3. The van der Waals surface area contributed by atoms with Gasteiger partial charge in [0, 0.05) is 23.8 Å². The summed E-state index contributed by atoms with van der Waals surface area (Å²) < 4.78 is 0. The Morgan fingerprint density at radius 1 is 1.19 bits per heavy atom. The molecular formula is C18H22O3. The topological polar surface area (TPSA) is 54.4 Å². The number of allylic oxidation sites excluding steroid dienone is 4. The molecule has 0 aliphatic heterocycles. The fourth-order valence-electron chi connectivity index (χ4n) is 5.50. The monoisotopic (exact) mass is 286 g/mol. The summed E-state index contributed by atoms with van der Waals surface area (Å²) in [5, 5.41) is 10.1. The summed E-state index contributed by atoms with van der Waals surface area (Å²) in [7, 11) is 0. The van der Waals surface area contributed by atoms with E-state index in [4.69, 9.17) is 0 Å². The molecule has 2 fully saturated rings. The van der Waals surface area contributed by atoms with E-state index in [0.29, 0.717) is 35.9 Å². The molecule has 2 saturated carbocycles. The summed E-state index contributed by atoms with van der Waals surface area (Å²) in [6.45, 7) is 2.16. The summed E-state index contributed by atoms with van der Waals surface area (Å²) in [6.07, 6.45) is 9.26. The third kappa shape index (κ3) is 1.66. The number of fused-ring (bicyclic) bond motifs is 5. The first kappa shape index (κ1) is 13.3. The van der Waals surface area contributed by atoms with Crippen molar-refractivity contribution < 1.29 is 14.7 Å². The maximum Gasteiger partial charge on any atom is 0.197 e. The number of aliphatic hydroxyl groups excluding tert-OH is 1. The van der Waals surface area contributed by atoms with Crippen LogP contribution in [0.15, 0.2) is 23.5 Å². The molecule has 0 unspecified atom stereocenters. The summed E-state index contributed by atoms with van der Waals surface area (Å²) in [5.41, 5.74) is 0.736. The summed E-state index contributed by atoms with van der Waals surface area (Å²) in [6, 6.07) is 0. The van der Waals surface area contributed by atoms with Crippen molar-refractivity contribution in [2.24, 2.45) is 29.1 Å².